The van der Waals surface area contributed by atoms with Gasteiger partial charge in [0.2, 0.25) is 5.28 Å². The number of halogens is 1. The van der Waals surface area contributed by atoms with Gasteiger partial charge in [0.25, 0.3) is 0 Å². The molecule has 6 nitrogen and oxygen atoms in total. The van der Waals surface area contributed by atoms with Crippen molar-refractivity contribution in [1.29, 1.82) is 0 Å². The summed E-state index contributed by atoms with van der Waals surface area (Å²) < 4.78 is 1.92. The van der Waals surface area contributed by atoms with Crippen LogP contribution >= 0.6 is 11.6 Å². The molecular weight excluding hydrogens is 396 g/mol. The van der Waals surface area contributed by atoms with Crippen LogP contribution in [0.25, 0.3) is 28.1 Å². The van der Waals surface area contributed by atoms with E-state index < -0.39 is 0 Å². The number of hydrogen-bond acceptors (Lipinski definition) is 5. The molecule has 152 valence electrons. The minimum absolute atomic E-state index is 0.196. The minimum atomic E-state index is 0.196. The van der Waals surface area contributed by atoms with Crippen LogP contribution in [0.3, 0.4) is 0 Å². The molecule has 0 saturated carbocycles. The molecule has 0 N–H and O–H groups in total. The molecular formula is C23H23ClN6. The lowest BCUT2D eigenvalue weighted by Crippen LogP contribution is -2.13. The van der Waals surface area contributed by atoms with Crippen molar-refractivity contribution in [2.75, 3.05) is 27.2 Å². The van der Waals surface area contributed by atoms with E-state index in [1.807, 2.05) is 65.4 Å². The minimum Gasteiger partial charge on any atom is -0.309 e. The van der Waals surface area contributed by atoms with Gasteiger partial charge in [-0.25, -0.2) is 9.97 Å². The Morgan fingerprint density at radius 1 is 1.03 bits per heavy atom. The quantitative estimate of drug-likeness (QED) is 0.252. The maximum Gasteiger partial charge on any atom is 0.225 e. The number of nitrogens with zero attached hydrogens (tertiary/aromatic N) is 6. The SMILES string of the molecule is CN(C)CCC/N=C\c1ccc(-c2nc(Cl)nc3c2ncn3-c2ccccc2)cc1. The first kappa shape index (κ1) is 20.2. The molecule has 7 heteroatoms. The average Bonchev–Trinajstić information content (AvgIpc) is 3.17. The van der Waals surface area contributed by atoms with E-state index in [1.54, 1.807) is 6.33 Å². The molecule has 0 fully saturated rings. The second-order valence-electron chi connectivity index (χ2n) is 7.28. The molecule has 0 radical (unpaired) electrons. The second-order valence-corrected chi connectivity index (χ2v) is 7.62. The second kappa shape index (κ2) is 9.15. The normalized spacial score (nSPS) is 11.7. The Balaban J connectivity index is 1.60. The average molecular weight is 419 g/mol. The molecule has 2 aromatic heterocycles. The van der Waals surface area contributed by atoms with Crippen molar-refractivity contribution in [2.24, 2.45) is 4.99 Å². The zero-order valence-corrected chi connectivity index (χ0v) is 17.8. The van der Waals surface area contributed by atoms with Crippen molar-refractivity contribution < 1.29 is 0 Å². The van der Waals surface area contributed by atoms with Crippen molar-refractivity contribution in [1.82, 2.24) is 24.4 Å². The molecule has 0 amide bonds. The third kappa shape index (κ3) is 4.56. The third-order valence-corrected chi connectivity index (χ3v) is 4.89. The van der Waals surface area contributed by atoms with Gasteiger partial charge in [0.1, 0.15) is 17.5 Å². The van der Waals surface area contributed by atoms with Crippen LogP contribution < -0.4 is 0 Å². The highest BCUT2D eigenvalue weighted by atomic mass is 35.5. The van der Waals surface area contributed by atoms with Gasteiger partial charge in [-0.05, 0) is 56.4 Å². The Kier molecular flexibility index (Phi) is 6.16. The number of rotatable bonds is 7. The Hall–Kier alpha value is -3.09. The van der Waals surface area contributed by atoms with E-state index in [0.717, 1.165) is 36.3 Å². The molecule has 30 heavy (non-hydrogen) atoms. The van der Waals surface area contributed by atoms with Crippen molar-refractivity contribution in [2.45, 2.75) is 6.42 Å². The molecule has 0 saturated heterocycles. The summed E-state index contributed by atoms with van der Waals surface area (Å²) in [6.45, 7) is 1.86. The summed E-state index contributed by atoms with van der Waals surface area (Å²) in [7, 11) is 4.14. The predicted octanol–water partition coefficient (Wildman–Crippen LogP) is 4.51. The summed E-state index contributed by atoms with van der Waals surface area (Å²) in [6.07, 6.45) is 4.71. The van der Waals surface area contributed by atoms with Gasteiger partial charge in [-0.1, -0.05) is 42.5 Å². The summed E-state index contributed by atoms with van der Waals surface area (Å²) >= 11 is 6.25. The highest BCUT2D eigenvalue weighted by molar-refractivity contribution is 6.28. The first-order chi connectivity index (χ1) is 14.6. The van der Waals surface area contributed by atoms with Gasteiger partial charge in [-0.15, -0.1) is 0 Å². The van der Waals surface area contributed by atoms with Crippen molar-refractivity contribution in [3.63, 3.8) is 0 Å². The fourth-order valence-corrected chi connectivity index (χ4v) is 3.39. The molecule has 0 bridgehead atoms. The fourth-order valence-electron chi connectivity index (χ4n) is 3.23. The monoisotopic (exact) mass is 418 g/mol. The molecule has 2 heterocycles. The highest BCUT2D eigenvalue weighted by Crippen LogP contribution is 2.28. The van der Waals surface area contributed by atoms with Gasteiger partial charge in [-0.3, -0.25) is 9.56 Å². The lowest BCUT2D eigenvalue weighted by molar-refractivity contribution is 0.403. The van der Waals surface area contributed by atoms with Gasteiger partial charge >= 0.3 is 0 Å². The summed E-state index contributed by atoms with van der Waals surface area (Å²) in [5, 5.41) is 0.196. The largest absolute Gasteiger partial charge is 0.309 e. The lowest BCUT2D eigenvalue weighted by atomic mass is 10.1. The third-order valence-electron chi connectivity index (χ3n) is 4.72. The molecule has 0 unspecified atom stereocenters. The predicted molar refractivity (Wildman–Crippen MR) is 123 cm³/mol. The fraction of sp³-hybridized carbons (Fsp3) is 0.217. The van der Waals surface area contributed by atoms with E-state index in [1.165, 1.54) is 0 Å². The first-order valence-electron chi connectivity index (χ1n) is 9.83. The molecule has 0 atom stereocenters. The van der Waals surface area contributed by atoms with Crippen LogP contribution in [0, 0.1) is 0 Å². The van der Waals surface area contributed by atoms with Gasteiger partial charge in [0.05, 0.1) is 0 Å². The molecule has 2 aromatic carbocycles. The highest BCUT2D eigenvalue weighted by Gasteiger charge is 2.15. The first-order valence-corrected chi connectivity index (χ1v) is 10.2. The van der Waals surface area contributed by atoms with E-state index >= 15 is 0 Å². The molecule has 4 rings (SSSR count). The molecule has 0 aliphatic rings. The summed E-state index contributed by atoms with van der Waals surface area (Å²) in [4.78, 5) is 20.1. The lowest BCUT2D eigenvalue weighted by Gasteiger charge is -2.07. The number of fused-ring (bicyclic) bond motifs is 1. The van der Waals surface area contributed by atoms with Gasteiger partial charge in [-0.2, -0.15) is 4.98 Å². The maximum atomic E-state index is 6.25. The molecule has 0 aliphatic heterocycles. The Labute approximate surface area is 180 Å². The molecule has 4 aromatic rings. The number of benzene rings is 2. The van der Waals surface area contributed by atoms with E-state index in [-0.39, 0.29) is 5.28 Å². The molecule has 0 spiro atoms. The van der Waals surface area contributed by atoms with E-state index in [0.29, 0.717) is 16.9 Å². The zero-order valence-electron chi connectivity index (χ0n) is 17.0. The van der Waals surface area contributed by atoms with Crippen molar-refractivity contribution in [3.05, 3.63) is 71.8 Å². The maximum absolute atomic E-state index is 6.25. The van der Waals surface area contributed by atoms with Crippen LogP contribution in [0.5, 0.6) is 0 Å². The number of aromatic nitrogens is 4. The zero-order chi connectivity index (χ0) is 20.9. The Morgan fingerprint density at radius 3 is 2.53 bits per heavy atom. The van der Waals surface area contributed by atoms with Crippen LogP contribution in [0.2, 0.25) is 5.28 Å². The van der Waals surface area contributed by atoms with Gasteiger partial charge in [0.15, 0.2) is 5.65 Å². The summed E-state index contributed by atoms with van der Waals surface area (Å²) in [5.41, 5.74) is 5.08. The van der Waals surface area contributed by atoms with Crippen LogP contribution in [-0.2, 0) is 0 Å². The van der Waals surface area contributed by atoms with Crippen molar-refractivity contribution >= 4 is 29.0 Å². The van der Waals surface area contributed by atoms with Crippen LogP contribution in [-0.4, -0.2) is 57.8 Å². The molecule has 0 aliphatic carbocycles. The number of imidazole rings is 1. The van der Waals surface area contributed by atoms with Gasteiger partial charge < -0.3 is 4.90 Å². The van der Waals surface area contributed by atoms with E-state index in [2.05, 4.69) is 38.9 Å². The van der Waals surface area contributed by atoms with E-state index in [9.17, 15) is 0 Å². The summed E-state index contributed by atoms with van der Waals surface area (Å²) in [6, 6.07) is 18.0. The topological polar surface area (TPSA) is 59.2 Å². The van der Waals surface area contributed by atoms with Gasteiger partial charge in [0, 0.05) is 24.0 Å². The van der Waals surface area contributed by atoms with Crippen LogP contribution in [0.1, 0.15) is 12.0 Å². The van der Waals surface area contributed by atoms with Crippen molar-refractivity contribution in [3.8, 4) is 16.9 Å². The van der Waals surface area contributed by atoms with Crippen LogP contribution in [0.15, 0.2) is 65.9 Å². The summed E-state index contributed by atoms with van der Waals surface area (Å²) in [5.74, 6) is 0. The Bertz CT molecular complexity index is 1150. The Morgan fingerprint density at radius 2 is 1.80 bits per heavy atom. The number of aliphatic imine (C=N–C) groups is 1. The number of para-hydroxylation sites is 1. The standard InChI is InChI=1S/C23H23ClN6/c1-29(2)14-6-13-25-15-17-9-11-18(12-10-17)20-21-22(28-23(24)27-20)30(16-26-21)19-7-4-3-5-8-19/h3-5,7-12,15-16H,6,13-14H2,1-2H3/b25-15-. The number of hydrogen-bond donors (Lipinski definition) is 0. The van der Waals surface area contributed by atoms with Crippen LogP contribution in [0.4, 0.5) is 0 Å². The van der Waals surface area contributed by atoms with E-state index in [4.69, 9.17) is 11.6 Å². The smallest absolute Gasteiger partial charge is 0.225 e.